The Labute approximate surface area is 120 Å². The van der Waals surface area contributed by atoms with Crippen LogP contribution in [0.4, 0.5) is 10.1 Å². The first-order valence-electron chi connectivity index (χ1n) is 7.61. The van der Waals surface area contributed by atoms with E-state index in [9.17, 15) is 9.65 Å². The predicted molar refractivity (Wildman–Crippen MR) is 77.7 cm³/mol. The van der Waals surface area contributed by atoms with Crippen molar-refractivity contribution in [2.24, 2.45) is 5.41 Å². The zero-order valence-corrected chi connectivity index (χ0v) is 11.8. The highest BCUT2D eigenvalue weighted by atomic mass is 19.1. The van der Waals surface area contributed by atoms with Gasteiger partial charge in [0.2, 0.25) is 0 Å². The number of nitrogens with one attached hydrogen (secondary N) is 1. The lowest BCUT2D eigenvalue weighted by molar-refractivity contribution is 0.167. The Morgan fingerprint density at radius 3 is 2.35 bits per heavy atom. The molecule has 0 heterocycles. The molecule has 1 spiro atoms. The quantitative estimate of drug-likeness (QED) is 0.851. The summed E-state index contributed by atoms with van der Waals surface area (Å²) in [5.74, 6) is -0.258. The van der Waals surface area contributed by atoms with Gasteiger partial charge >= 0.3 is 0 Å². The minimum absolute atomic E-state index is 0.258. The standard InChI is InChI=1S/C17H21FN2/c18-14-4-3-5-15(12-14)20-17(13-19)10-8-16(9-11-17)6-1-2-7-16/h3-5,12,20H,1-2,6-11H2. The molecule has 0 aliphatic heterocycles. The highest BCUT2D eigenvalue weighted by Crippen LogP contribution is 2.51. The lowest BCUT2D eigenvalue weighted by atomic mass is 9.67. The molecule has 0 aromatic heterocycles. The van der Waals surface area contributed by atoms with Crippen LogP contribution in [0.2, 0.25) is 0 Å². The van der Waals surface area contributed by atoms with E-state index in [0.29, 0.717) is 11.1 Å². The third-order valence-electron chi connectivity index (χ3n) is 5.25. The second-order valence-electron chi connectivity index (χ2n) is 6.54. The SMILES string of the molecule is N#CC1(Nc2cccc(F)c2)CCC2(CCCC2)CC1. The molecule has 0 unspecified atom stereocenters. The maximum absolute atomic E-state index is 13.3. The molecule has 3 heteroatoms. The molecule has 0 amide bonds. The Balaban J connectivity index is 1.72. The molecule has 0 saturated heterocycles. The van der Waals surface area contributed by atoms with E-state index in [1.54, 1.807) is 6.07 Å². The normalized spacial score (nSPS) is 23.4. The molecule has 2 aliphatic carbocycles. The summed E-state index contributed by atoms with van der Waals surface area (Å²) in [4.78, 5) is 0. The van der Waals surface area contributed by atoms with Crippen molar-refractivity contribution in [3.05, 3.63) is 30.1 Å². The number of nitrogens with zero attached hydrogens (tertiary/aromatic N) is 1. The van der Waals surface area contributed by atoms with Crippen molar-refractivity contribution in [3.63, 3.8) is 0 Å². The topological polar surface area (TPSA) is 35.8 Å². The maximum Gasteiger partial charge on any atom is 0.125 e. The summed E-state index contributed by atoms with van der Waals surface area (Å²) in [6.45, 7) is 0. The van der Waals surface area contributed by atoms with E-state index in [2.05, 4.69) is 11.4 Å². The molecular weight excluding hydrogens is 251 g/mol. The Kier molecular flexibility index (Phi) is 3.41. The Hall–Kier alpha value is -1.56. The highest BCUT2D eigenvalue weighted by Gasteiger charge is 2.44. The van der Waals surface area contributed by atoms with Crippen LogP contribution >= 0.6 is 0 Å². The van der Waals surface area contributed by atoms with Gasteiger partial charge in [-0.05, 0) is 62.1 Å². The zero-order chi connectivity index (χ0) is 14.1. The average molecular weight is 272 g/mol. The van der Waals surface area contributed by atoms with Gasteiger partial charge in [-0.15, -0.1) is 0 Å². The van der Waals surface area contributed by atoms with Gasteiger partial charge in [-0.1, -0.05) is 18.9 Å². The fourth-order valence-corrected chi connectivity index (χ4v) is 3.94. The van der Waals surface area contributed by atoms with E-state index in [4.69, 9.17) is 0 Å². The summed E-state index contributed by atoms with van der Waals surface area (Å²) in [6.07, 6.45) is 9.35. The monoisotopic (exact) mass is 272 g/mol. The van der Waals surface area contributed by atoms with Crippen LogP contribution in [-0.4, -0.2) is 5.54 Å². The van der Waals surface area contributed by atoms with Gasteiger partial charge < -0.3 is 5.32 Å². The van der Waals surface area contributed by atoms with E-state index < -0.39 is 5.54 Å². The Bertz CT molecular complexity index is 516. The zero-order valence-electron chi connectivity index (χ0n) is 11.8. The Morgan fingerprint density at radius 1 is 1.05 bits per heavy atom. The van der Waals surface area contributed by atoms with Crippen LogP contribution in [0.3, 0.4) is 0 Å². The van der Waals surface area contributed by atoms with Gasteiger partial charge in [0.25, 0.3) is 0 Å². The van der Waals surface area contributed by atoms with Crippen LogP contribution in [0.15, 0.2) is 24.3 Å². The maximum atomic E-state index is 13.3. The molecule has 0 radical (unpaired) electrons. The number of rotatable bonds is 2. The minimum Gasteiger partial charge on any atom is -0.367 e. The van der Waals surface area contributed by atoms with Crippen LogP contribution < -0.4 is 5.32 Å². The lowest BCUT2D eigenvalue weighted by Crippen LogP contribution is -2.43. The van der Waals surface area contributed by atoms with E-state index in [1.165, 1.54) is 37.8 Å². The van der Waals surface area contributed by atoms with Crippen LogP contribution in [-0.2, 0) is 0 Å². The summed E-state index contributed by atoms with van der Waals surface area (Å²) < 4.78 is 13.3. The fraction of sp³-hybridized carbons (Fsp3) is 0.588. The largest absolute Gasteiger partial charge is 0.367 e. The molecule has 2 aliphatic rings. The van der Waals surface area contributed by atoms with Crippen molar-refractivity contribution in [1.29, 1.82) is 5.26 Å². The van der Waals surface area contributed by atoms with Crippen molar-refractivity contribution in [2.45, 2.75) is 56.9 Å². The van der Waals surface area contributed by atoms with Crippen molar-refractivity contribution in [2.75, 3.05) is 5.32 Å². The number of nitriles is 1. The molecule has 1 N–H and O–H groups in total. The smallest absolute Gasteiger partial charge is 0.125 e. The summed E-state index contributed by atoms with van der Waals surface area (Å²) >= 11 is 0. The first-order chi connectivity index (χ1) is 9.65. The van der Waals surface area contributed by atoms with Crippen LogP contribution in [0.5, 0.6) is 0 Å². The molecule has 3 rings (SSSR count). The number of hydrogen-bond acceptors (Lipinski definition) is 2. The van der Waals surface area contributed by atoms with Gasteiger partial charge in [-0.3, -0.25) is 0 Å². The molecule has 0 atom stereocenters. The molecule has 1 aromatic rings. The van der Waals surface area contributed by atoms with Gasteiger partial charge in [-0.2, -0.15) is 5.26 Å². The second-order valence-corrected chi connectivity index (χ2v) is 6.54. The molecule has 2 nitrogen and oxygen atoms in total. The minimum atomic E-state index is -0.512. The summed E-state index contributed by atoms with van der Waals surface area (Å²) in [6, 6.07) is 8.88. The second kappa shape index (κ2) is 5.09. The van der Waals surface area contributed by atoms with Crippen molar-refractivity contribution < 1.29 is 4.39 Å². The molecular formula is C17H21FN2. The number of benzene rings is 1. The summed E-state index contributed by atoms with van der Waals surface area (Å²) in [5.41, 5.74) is 0.708. The molecule has 1 aromatic carbocycles. The van der Waals surface area contributed by atoms with Gasteiger partial charge in [0.05, 0.1) is 6.07 Å². The van der Waals surface area contributed by atoms with Crippen LogP contribution in [0, 0.1) is 22.6 Å². The van der Waals surface area contributed by atoms with E-state index in [1.807, 2.05) is 6.07 Å². The predicted octanol–water partition coefficient (Wildman–Crippen LogP) is 4.63. The fourth-order valence-electron chi connectivity index (χ4n) is 3.94. The van der Waals surface area contributed by atoms with Crippen molar-refractivity contribution >= 4 is 5.69 Å². The Morgan fingerprint density at radius 2 is 1.75 bits per heavy atom. The average Bonchev–Trinajstić information content (AvgIpc) is 2.91. The molecule has 0 bridgehead atoms. The number of halogens is 1. The third-order valence-corrected chi connectivity index (χ3v) is 5.25. The molecule has 2 saturated carbocycles. The molecule has 106 valence electrons. The molecule has 2 fully saturated rings. The number of hydrogen-bond donors (Lipinski definition) is 1. The van der Waals surface area contributed by atoms with E-state index in [-0.39, 0.29) is 5.82 Å². The number of anilines is 1. The highest BCUT2D eigenvalue weighted by molar-refractivity contribution is 5.48. The van der Waals surface area contributed by atoms with Gasteiger partial charge in [0.15, 0.2) is 0 Å². The van der Waals surface area contributed by atoms with Crippen LogP contribution in [0.25, 0.3) is 0 Å². The summed E-state index contributed by atoms with van der Waals surface area (Å²) in [7, 11) is 0. The molecule has 20 heavy (non-hydrogen) atoms. The lowest BCUT2D eigenvalue weighted by Gasteiger charge is -2.42. The van der Waals surface area contributed by atoms with E-state index >= 15 is 0 Å². The van der Waals surface area contributed by atoms with Gasteiger partial charge in [-0.25, -0.2) is 4.39 Å². The van der Waals surface area contributed by atoms with Crippen molar-refractivity contribution in [3.8, 4) is 6.07 Å². The first-order valence-corrected chi connectivity index (χ1v) is 7.61. The van der Waals surface area contributed by atoms with Gasteiger partial charge in [0.1, 0.15) is 11.4 Å². The van der Waals surface area contributed by atoms with Crippen LogP contribution in [0.1, 0.15) is 51.4 Å². The third kappa shape index (κ3) is 2.52. The van der Waals surface area contributed by atoms with Gasteiger partial charge in [0, 0.05) is 5.69 Å². The van der Waals surface area contributed by atoms with Crippen molar-refractivity contribution in [1.82, 2.24) is 0 Å². The summed E-state index contributed by atoms with van der Waals surface area (Å²) in [5, 5.41) is 12.9. The van der Waals surface area contributed by atoms with E-state index in [0.717, 1.165) is 25.7 Å². The first kappa shape index (κ1) is 13.4.